The number of hydrogen-bond acceptors (Lipinski definition) is 4. The molecule has 0 radical (unpaired) electrons. The van der Waals surface area contributed by atoms with Gasteiger partial charge in [0, 0.05) is 19.6 Å². The van der Waals surface area contributed by atoms with Crippen molar-refractivity contribution in [1.29, 1.82) is 0 Å². The van der Waals surface area contributed by atoms with Crippen molar-refractivity contribution in [2.45, 2.75) is 45.1 Å². The van der Waals surface area contributed by atoms with Crippen molar-refractivity contribution in [3.05, 3.63) is 65.2 Å². The van der Waals surface area contributed by atoms with Crippen LogP contribution in [0.25, 0.3) is 0 Å². The number of rotatable bonds is 11. The predicted octanol–water partition coefficient (Wildman–Crippen LogP) is 3.86. The maximum atomic E-state index is 12.6. The third-order valence-corrected chi connectivity index (χ3v) is 4.66. The number of carboxylic acid groups (broad SMARTS) is 1. The van der Waals surface area contributed by atoms with E-state index in [0.717, 1.165) is 17.7 Å². The number of amides is 1. The predicted molar refractivity (Wildman–Crippen MR) is 111 cm³/mol. The molecule has 6 nitrogen and oxygen atoms in total. The molecule has 0 spiro atoms. The van der Waals surface area contributed by atoms with Crippen LogP contribution >= 0.6 is 0 Å². The zero-order valence-electron chi connectivity index (χ0n) is 17.8. The van der Waals surface area contributed by atoms with E-state index in [1.807, 2.05) is 0 Å². The number of alkyl halides is 3. The van der Waals surface area contributed by atoms with E-state index in [1.165, 1.54) is 12.1 Å². The molecule has 0 aromatic heterocycles. The minimum absolute atomic E-state index is 0.212. The average Bonchev–Trinajstić information content (AvgIpc) is 2.74. The largest absolute Gasteiger partial charge is 0.481 e. The first-order valence-corrected chi connectivity index (χ1v) is 10.1. The summed E-state index contributed by atoms with van der Waals surface area (Å²) in [5, 5.41) is 11.8. The van der Waals surface area contributed by atoms with Crippen molar-refractivity contribution in [1.82, 2.24) is 5.32 Å². The summed E-state index contributed by atoms with van der Waals surface area (Å²) < 4.78 is 48.6. The highest BCUT2D eigenvalue weighted by Gasteiger charge is 2.29. The molecule has 174 valence electrons. The van der Waals surface area contributed by atoms with Gasteiger partial charge >= 0.3 is 12.1 Å². The van der Waals surface area contributed by atoms with E-state index in [1.54, 1.807) is 38.1 Å². The summed E-state index contributed by atoms with van der Waals surface area (Å²) in [7, 11) is 0. The van der Waals surface area contributed by atoms with Gasteiger partial charge in [0.25, 0.3) is 5.91 Å². The van der Waals surface area contributed by atoms with Crippen LogP contribution in [-0.4, -0.2) is 42.3 Å². The van der Waals surface area contributed by atoms with Crippen LogP contribution in [0.1, 0.15) is 30.5 Å². The molecule has 0 heterocycles. The molecule has 1 amide bonds. The Hall–Kier alpha value is -3.07. The Morgan fingerprint density at radius 3 is 2.16 bits per heavy atom. The standard InChI is InChI=1S/C23H26F3NO5/c1-3-31-20(22(29)30)14-17-6-10-19(11-7-17)32-15(2)21(28)27-13-12-16-4-8-18(9-5-16)23(24,25)26/h4-11,15,20H,3,12-14H2,1-2H3,(H,27,28)(H,29,30)/t15-,20+/m1/s1. The number of carboxylic acids is 1. The van der Waals surface area contributed by atoms with E-state index in [4.69, 9.17) is 14.6 Å². The highest BCUT2D eigenvalue weighted by Crippen LogP contribution is 2.29. The van der Waals surface area contributed by atoms with Gasteiger partial charge in [-0.1, -0.05) is 24.3 Å². The van der Waals surface area contributed by atoms with Crippen LogP contribution in [0.4, 0.5) is 13.2 Å². The van der Waals surface area contributed by atoms with Gasteiger partial charge in [0.1, 0.15) is 5.75 Å². The van der Waals surface area contributed by atoms with Crippen LogP contribution < -0.4 is 10.1 Å². The molecular formula is C23H26F3NO5. The molecule has 0 fully saturated rings. The molecule has 2 aromatic carbocycles. The highest BCUT2D eigenvalue weighted by atomic mass is 19.4. The summed E-state index contributed by atoms with van der Waals surface area (Å²) >= 11 is 0. The average molecular weight is 453 g/mol. The maximum absolute atomic E-state index is 12.6. The Kier molecular flexibility index (Phi) is 9.07. The SMILES string of the molecule is CCO[C@@H](Cc1ccc(O[C@H](C)C(=O)NCCc2ccc(C(F)(F)F)cc2)cc1)C(=O)O. The van der Waals surface area contributed by atoms with Crippen molar-refractivity contribution in [2.75, 3.05) is 13.2 Å². The third-order valence-electron chi connectivity index (χ3n) is 4.66. The Morgan fingerprint density at radius 2 is 1.62 bits per heavy atom. The Bertz CT molecular complexity index is 882. The lowest BCUT2D eigenvalue weighted by Crippen LogP contribution is -2.37. The normalized spacial score (nSPS) is 13.3. The van der Waals surface area contributed by atoms with Crippen LogP contribution in [0, 0.1) is 0 Å². The molecule has 0 bridgehead atoms. The molecule has 2 rings (SSSR count). The molecule has 9 heteroatoms. The molecule has 2 N–H and O–H groups in total. The zero-order valence-corrected chi connectivity index (χ0v) is 17.8. The molecule has 0 unspecified atom stereocenters. The summed E-state index contributed by atoms with van der Waals surface area (Å²) in [6.45, 7) is 3.86. The van der Waals surface area contributed by atoms with Crippen LogP contribution in [0.15, 0.2) is 48.5 Å². The molecule has 0 saturated carbocycles. The molecule has 0 aliphatic carbocycles. The van der Waals surface area contributed by atoms with Gasteiger partial charge in [0.2, 0.25) is 0 Å². The van der Waals surface area contributed by atoms with Crippen LogP contribution in [0.3, 0.4) is 0 Å². The minimum atomic E-state index is -4.38. The van der Waals surface area contributed by atoms with Crippen LogP contribution in [0.5, 0.6) is 5.75 Å². The van der Waals surface area contributed by atoms with E-state index < -0.39 is 29.9 Å². The van der Waals surface area contributed by atoms with Gasteiger partial charge in [-0.2, -0.15) is 13.2 Å². The lowest BCUT2D eigenvalue weighted by molar-refractivity contribution is -0.150. The van der Waals surface area contributed by atoms with Gasteiger partial charge in [0.15, 0.2) is 12.2 Å². The smallest absolute Gasteiger partial charge is 0.416 e. The number of carbonyl (C=O) groups excluding carboxylic acids is 1. The van der Waals surface area contributed by atoms with Crippen molar-refractivity contribution in [2.24, 2.45) is 0 Å². The zero-order chi connectivity index (χ0) is 23.7. The summed E-state index contributed by atoms with van der Waals surface area (Å²) in [6, 6.07) is 11.5. The van der Waals surface area contributed by atoms with Crippen molar-refractivity contribution >= 4 is 11.9 Å². The second-order valence-corrected chi connectivity index (χ2v) is 7.13. The second-order valence-electron chi connectivity index (χ2n) is 7.13. The second kappa shape index (κ2) is 11.5. The maximum Gasteiger partial charge on any atom is 0.416 e. The third kappa shape index (κ3) is 7.88. The summed E-state index contributed by atoms with van der Waals surface area (Å²) in [5.74, 6) is -0.945. The van der Waals surface area contributed by atoms with Gasteiger partial charge in [0.05, 0.1) is 5.56 Å². The van der Waals surface area contributed by atoms with E-state index in [9.17, 15) is 22.8 Å². The van der Waals surface area contributed by atoms with E-state index in [-0.39, 0.29) is 18.9 Å². The van der Waals surface area contributed by atoms with E-state index in [0.29, 0.717) is 24.3 Å². The quantitative estimate of drug-likeness (QED) is 0.540. The van der Waals surface area contributed by atoms with Gasteiger partial charge in [-0.15, -0.1) is 0 Å². The molecule has 0 aliphatic heterocycles. The highest BCUT2D eigenvalue weighted by molar-refractivity contribution is 5.80. The fraction of sp³-hybridized carbons (Fsp3) is 0.391. The summed E-state index contributed by atoms with van der Waals surface area (Å²) in [5.41, 5.74) is 0.718. The molecule has 2 aromatic rings. The van der Waals surface area contributed by atoms with Crippen molar-refractivity contribution in [3.8, 4) is 5.75 Å². The number of hydrogen-bond donors (Lipinski definition) is 2. The van der Waals surface area contributed by atoms with Gasteiger partial charge < -0.3 is 19.9 Å². The fourth-order valence-electron chi connectivity index (χ4n) is 2.93. The monoisotopic (exact) mass is 453 g/mol. The Morgan fingerprint density at radius 1 is 1.03 bits per heavy atom. The molecule has 0 aliphatic rings. The number of aliphatic carboxylic acids is 1. The topological polar surface area (TPSA) is 84.9 Å². The first kappa shape index (κ1) is 25.2. The fourth-order valence-corrected chi connectivity index (χ4v) is 2.93. The first-order chi connectivity index (χ1) is 15.1. The molecule has 32 heavy (non-hydrogen) atoms. The Balaban J connectivity index is 1.80. The number of benzene rings is 2. The Labute approximate surface area is 184 Å². The van der Waals surface area contributed by atoms with Gasteiger partial charge in [-0.3, -0.25) is 4.79 Å². The lowest BCUT2D eigenvalue weighted by atomic mass is 10.1. The minimum Gasteiger partial charge on any atom is -0.481 e. The van der Waals surface area contributed by atoms with Crippen LogP contribution in [0.2, 0.25) is 0 Å². The van der Waals surface area contributed by atoms with Gasteiger partial charge in [-0.25, -0.2) is 4.79 Å². The number of halogens is 3. The first-order valence-electron chi connectivity index (χ1n) is 10.1. The van der Waals surface area contributed by atoms with Gasteiger partial charge in [-0.05, 0) is 55.7 Å². The van der Waals surface area contributed by atoms with Crippen LogP contribution in [-0.2, 0) is 33.3 Å². The van der Waals surface area contributed by atoms with E-state index >= 15 is 0 Å². The van der Waals surface area contributed by atoms with Crippen molar-refractivity contribution < 1.29 is 37.3 Å². The molecular weight excluding hydrogens is 427 g/mol. The molecule has 0 saturated heterocycles. The van der Waals surface area contributed by atoms with Crippen molar-refractivity contribution in [3.63, 3.8) is 0 Å². The van der Waals surface area contributed by atoms with E-state index in [2.05, 4.69) is 5.32 Å². The number of carbonyl (C=O) groups is 2. The number of nitrogens with one attached hydrogen (secondary N) is 1. The molecule has 2 atom stereocenters. The lowest BCUT2D eigenvalue weighted by Gasteiger charge is -2.16. The number of ether oxygens (including phenoxy) is 2. The summed E-state index contributed by atoms with van der Waals surface area (Å²) in [4.78, 5) is 23.4. The summed E-state index contributed by atoms with van der Waals surface area (Å²) in [6.07, 6.45) is -5.50.